The number of benzene rings is 1. The van der Waals surface area contributed by atoms with E-state index in [4.69, 9.17) is 0 Å². The van der Waals surface area contributed by atoms with Crippen molar-refractivity contribution in [2.24, 2.45) is 5.92 Å². The number of hydrogen-bond acceptors (Lipinski definition) is 3. The molecule has 3 rings (SSSR count). The number of amides is 3. The van der Waals surface area contributed by atoms with Gasteiger partial charge in [0, 0.05) is 38.2 Å². The SMILES string of the molecule is CCC(=O)N1CCC(C(NC(=O)c2ccc(F)cc2)C(=O)N2CCCC2)CC1. The Morgan fingerprint density at radius 3 is 2.21 bits per heavy atom. The standard InChI is InChI=1S/C21H28FN3O3/c1-2-18(26)24-13-9-15(10-14-24)19(21(28)25-11-3-4-12-25)23-20(27)16-5-7-17(22)8-6-16/h5-8,15,19H,2-4,9-14H2,1H3,(H,23,27). The number of nitrogens with one attached hydrogen (secondary N) is 1. The van der Waals surface area contributed by atoms with E-state index in [9.17, 15) is 18.8 Å². The largest absolute Gasteiger partial charge is 0.343 e. The molecule has 3 amide bonds. The van der Waals surface area contributed by atoms with E-state index in [2.05, 4.69) is 5.32 Å². The molecule has 2 aliphatic heterocycles. The summed E-state index contributed by atoms with van der Waals surface area (Å²) in [6.07, 6.45) is 3.79. The van der Waals surface area contributed by atoms with Crippen molar-refractivity contribution in [3.05, 3.63) is 35.6 Å². The van der Waals surface area contributed by atoms with Crippen LogP contribution in [0.25, 0.3) is 0 Å². The predicted octanol–water partition coefficient (Wildman–Crippen LogP) is 2.20. The van der Waals surface area contributed by atoms with Crippen molar-refractivity contribution in [1.82, 2.24) is 15.1 Å². The average Bonchev–Trinajstić information content (AvgIpc) is 3.26. The average molecular weight is 389 g/mol. The second-order valence-electron chi connectivity index (χ2n) is 7.56. The van der Waals surface area contributed by atoms with Crippen molar-refractivity contribution in [2.75, 3.05) is 26.2 Å². The first-order chi connectivity index (χ1) is 13.5. The highest BCUT2D eigenvalue weighted by atomic mass is 19.1. The summed E-state index contributed by atoms with van der Waals surface area (Å²) < 4.78 is 13.1. The Kier molecular flexibility index (Phi) is 6.65. The summed E-state index contributed by atoms with van der Waals surface area (Å²) in [4.78, 5) is 41.4. The molecule has 2 aliphatic rings. The first-order valence-electron chi connectivity index (χ1n) is 10.1. The van der Waals surface area contributed by atoms with Crippen LogP contribution in [0.15, 0.2) is 24.3 Å². The Labute approximate surface area is 165 Å². The van der Waals surface area contributed by atoms with E-state index in [1.54, 1.807) is 0 Å². The smallest absolute Gasteiger partial charge is 0.251 e. The van der Waals surface area contributed by atoms with Crippen molar-refractivity contribution in [3.63, 3.8) is 0 Å². The van der Waals surface area contributed by atoms with Gasteiger partial charge in [-0.1, -0.05) is 6.92 Å². The minimum absolute atomic E-state index is 0.0154. The zero-order valence-corrected chi connectivity index (χ0v) is 16.3. The number of piperidine rings is 1. The normalized spacial score (nSPS) is 18.8. The maximum absolute atomic E-state index is 13.1. The molecule has 0 saturated carbocycles. The third-order valence-corrected chi connectivity index (χ3v) is 5.74. The van der Waals surface area contributed by atoms with Gasteiger partial charge < -0.3 is 15.1 Å². The molecular formula is C21H28FN3O3. The molecule has 0 bridgehead atoms. The van der Waals surface area contributed by atoms with E-state index in [0.717, 1.165) is 25.9 Å². The zero-order valence-electron chi connectivity index (χ0n) is 16.3. The van der Waals surface area contributed by atoms with Gasteiger partial charge in [0.2, 0.25) is 11.8 Å². The van der Waals surface area contributed by atoms with Crippen molar-refractivity contribution in [3.8, 4) is 0 Å². The lowest BCUT2D eigenvalue weighted by atomic mass is 9.88. The molecule has 7 heteroatoms. The van der Waals surface area contributed by atoms with Crippen LogP contribution in [0.4, 0.5) is 4.39 Å². The summed E-state index contributed by atoms with van der Waals surface area (Å²) in [5.41, 5.74) is 0.333. The molecule has 6 nitrogen and oxygen atoms in total. The highest BCUT2D eigenvalue weighted by Crippen LogP contribution is 2.24. The van der Waals surface area contributed by atoms with Crippen LogP contribution < -0.4 is 5.32 Å². The van der Waals surface area contributed by atoms with Gasteiger partial charge in [0.05, 0.1) is 0 Å². The van der Waals surface area contributed by atoms with Crippen LogP contribution in [0.3, 0.4) is 0 Å². The number of halogens is 1. The summed E-state index contributed by atoms with van der Waals surface area (Å²) in [5.74, 6) is -0.721. The molecule has 1 aromatic carbocycles. The molecule has 0 radical (unpaired) electrons. The topological polar surface area (TPSA) is 69.7 Å². The van der Waals surface area contributed by atoms with E-state index in [1.807, 2.05) is 16.7 Å². The summed E-state index contributed by atoms with van der Waals surface area (Å²) in [6, 6.07) is 4.70. The number of carbonyl (C=O) groups is 3. The number of carbonyl (C=O) groups excluding carboxylic acids is 3. The van der Waals surface area contributed by atoms with Gasteiger partial charge in [0.1, 0.15) is 11.9 Å². The maximum atomic E-state index is 13.1. The molecule has 1 atom stereocenters. The molecule has 2 heterocycles. The van der Waals surface area contributed by atoms with E-state index < -0.39 is 11.9 Å². The third-order valence-electron chi connectivity index (χ3n) is 5.74. The van der Waals surface area contributed by atoms with Gasteiger partial charge in [-0.05, 0) is 55.9 Å². The lowest BCUT2D eigenvalue weighted by molar-refractivity contribution is -0.135. The van der Waals surface area contributed by atoms with Crippen LogP contribution in [0.1, 0.15) is 49.4 Å². The maximum Gasteiger partial charge on any atom is 0.251 e. The van der Waals surface area contributed by atoms with E-state index in [1.165, 1.54) is 24.3 Å². The van der Waals surface area contributed by atoms with Gasteiger partial charge in [-0.25, -0.2) is 4.39 Å². The Hall–Kier alpha value is -2.44. The van der Waals surface area contributed by atoms with Crippen molar-refractivity contribution in [2.45, 2.75) is 45.1 Å². The number of hydrogen-bond donors (Lipinski definition) is 1. The minimum atomic E-state index is -0.616. The molecule has 1 N–H and O–H groups in total. The number of likely N-dealkylation sites (tertiary alicyclic amines) is 2. The highest BCUT2D eigenvalue weighted by Gasteiger charge is 2.36. The summed E-state index contributed by atoms with van der Waals surface area (Å²) in [7, 11) is 0. The van der Waals surface area contributed by atoms with Crippen LogP contribution in [-0.4, -0.2) is 59.7 Å². The summed E-state index contributed by atoms with van der Waals surface area (Å²) in [6.45, 7) is 4.49. The first kappa shape index (κ1) is 20.3. The molecular weight excluding hydrogens is 361 g/mol. The lowest BCUT2D eigenvalue weighted by Crippen LogP contribution is -2.54. The number of rotatable bonds is 5. The molecule has 2 fully saturated rings. The zero-order chi connectivity index (χ0) is 20.1. The van der Waals surface area contributed by atoms with Crippen molar-refractivity contribution < 1.29 is 18.8 Å². The lowest BCUT2D eigenvalue weighted by Gasteiger charge is -2.37. The summed E-state index contributed by atoms with van der Waals surface area (Å²) >= 11 is 0. The van der Waals surface area contributed by atoms with Gasteiger partial charge in [0.15, 0.2) is 0 Å². The van der Waals surface area contributed by atoms with Crippen molar-refractivity contribution >= 4 is 17.7 Å². The van der Waals surface area contributed by atoms with Gasteiger partial charge in [-0.3, -0.25) is 14.4 Å². The van der Waals surface area contributed by atoms with Crippen LogP contribution in [-0.2, 0) is 9.59 Å². The molecule has 2 saturated heterocycles. The quantitative estimate of drug-likeness (QED) is 0.839. The molecule has 0 spiro atoms. The Morgan fingerprint density at radius 1 is 1.04 bits per heavy atom. The Balaban J connectivity index is 1.72. The van der Waals surface area contributed by atoms with Gasteiger partial charge in [0.25, 0.3) is 5.91 Å². The molecule has 0 aliphatic carbocycles. The fraction of sp³-hybridized carbons (Fsp3) is 0.571. The van der Waals surface area contributed by atoms with Gasteiger partial charge in [-0.2, -0.15) is 0 Å². The van der Waals surface area contributed by atoms with Gasteiger partial charge >= 0.3 is 0 Å². The molecule has 1 unspecified atom stereocenters. The fourth-order valence-corrected chi connectivity index (χ4v) is 4.05. The van der Waals surface area contributed by atoms with Crippen LogP contribution in [0, 0.1) is 11.7 Å². The van der Waals surface area contributed by atoms with E-state index in [-0.39, 0.29) is 23.6 Å². The van der Waals surface area contributed by atoms with Crippen LogP contribution >= 0.6 is 0 Å². The molecule has 152 valence electrons. The predicted molar refractivity (Wildman–Crippen MR) is 103 cm³/mol. The molecule has 0 aromatic heterocycles. The Morgan fingerprint density at radius 2 is 1.64 bits per heavy atom. The van der Waals surface area contributed by atoms with E-state index in [0.29, 0.717) is 37.9 Å². The summed E-state index contributed by atoms with van der Waals surface area (Å²) in [5, 5.41) is 2.90. The second-order valence-corrected chi connectivity index (χ2v) is 7.56. The van der Waals surface area contributed by atoms with Crippen molar-refractivity contribution in [1.29, 1.82) is 0 Å². The highest BCUT2D eigenvalue weighted by molar-refractivity contribution is 5.97. The fourth-order valence-electron chi connectivity index (χ4n) is 4.05. The Bertz CT molecular complexity index is 708. The molecule has 28 heavy (non-hydrogen) atoms. The van der Waals surface area contributed by atoms with Gasteiger partial charge in [-0.15, -0.1) is 0 Å². The first-order valence-corrected chi connectivity index (χ1v) is 10.1. The minimum Gasteiger partial charge on any atom is -0.343 e. The van der Waals surface area contributed by atoms with Crippen LogP contribution in [0.5, 0.6) is 0 Å². The second kappa shape index (κ2) is 9.17. The van der Waals surface area contributed by atoms with E-state index >= 15 is 0 Å². The van der Waals surface area contributed by atoms with Crippen LogP contribution in [0.2, 0.25) is 0 Å². The number of nitrogens with zero attached hydrogens (tertiary/aromatic N) is 2. The molecule has 1 aromatic rings. The monoisotopic (exact) mass is 389 g/mol. The third kappa shape index (κ3) is 4.69.